The number of unbranched alkanes of at least 4 members (excludes halogenated alkanes) is 20. The van der Waals surface area contributed by atoms with Gasteiger partial charge in [-0.25, -0.2) is 18.3 Å². The summed E-state index contributed by atoms with van der Waals surface area (Å²) in [4.78, 5) is 0. The summed E-state index contributed by atoms with van der Waals surface area (Å²) in [6.07, 6.45) is 47.3. The molecule has 4 fully saturated rings. The molecular weight excluding hydrogens is 1060 g/mol. The third kappa shape index (κ3) is 22.5. The Bertz CT molecular complexity index is 1910. The van der Waals surface area contributed by atoms with Gasteiger partial charge in [0.2, 0.25) is 0 Å². The zero-order valence-electron chi connectivity index (χ0n) is 49.4. The van der Waals surface area contributed by atoms with E-state index in [2.05, 4.69) is 144 Å². The van der Waals surface area contributed by atoms with Crippen LogP contribution in [0.5, 0.6) is 0 Å². The summed E-state index contributed by atoms with van der Waals surface area (Å²) in [7, 11) is 0. The van der Waals surface area contributed by atoms with Crippen LogP contribution < -0.4 is 35.2 Å². The van der Waals surface area contributed by atoms with Crippen LogP contribution in [0.1, 0.15) is 229 Å². The van der Waals surface area contributed by atoms with Gasteiger partial charge in [0.1, 0.15) is 26.2 Å². The number of nitrogens with zero attached hydrogens (tertiary/aromatic N) is 4. The number of aromatic nitrogens is 4. The van der Waals surface area contributed by atoms with Crippen LogP contribution in [0.4, 0.5) is 0 Å². The normalized spacial score (nSPS) is 23.0. The van der Waals surface area contributed by atoms with Gasteiger partial charge in [-0.2, -0.15) is 0 Å². The van der Waals surface area contributed by atoms with Gasteiger partial charge in [0.25, 0.3) is 0 Å². The van der Waals surface area contributed by atoms with Crippen LogP contribution in [0.25, 0.3) is 0 Å². The Morgan fingerprint density at radius 2 is 0.494 bits per heavy atom. The van der Waals surface area contributed by atoms with E-state index in [1.807, 2.05) is 0 Å². The van der Waals surface area contributed by atoms with Gasteiger partial charge in [-0.1, -0.05) is 130 Å². The molecule has 0 amide bonds. The molecule has 0 atom stereocenters. The zero-order chi connectivity index (χ0) is 54.4. The fourth-order valence-corrected chi connectivity index (χ4v) is 11.1. The first-order valence-corrected chi connectivity index (χ1v) is 31.3. The Labute approximate surface area is 488 Å². The lowest BCUT2D eigenvalue weighted by molar-refractivity contribution is -0.698. The summed E-state index contributed by atoms with van der Waals surface area (Å²) < 4.78 is 58.8. The molecule has 0 unspecified atom stereocenters. The highest BCUT2D eigenvalue weighted by atomic mass is 79.9. The van der Waals surface area contributed by atoms with Gasteiger partial charge in [-0.15, -0.1) is 0 Å². The molecule has 8 heterocycles. The van der Waals surface area contributed by atoms with E-state index in [9.17, 15) is 0 Å². The van der Waals surface area contributed by atoms with Crippen molar-refractivity contribution < 1.29 is 73.1 Å². The minimum absolute atomic E-state index is 0. The van der Waals surface area contributed by atoms with Gasteiger partial charge in [0.05, 0.1) is 85.9 Å². The number of ether oxygens (including phenoxy) is 8. The molecule has 0 radical (unpaired) electrons. The fraction of sp³-hybridized carbons (Fsp3) is 0.697. The van der Waals surface area contributed by atoms with Crippen molar-refractivity contribution in [2.24, 2.45) is 10.8 Å². The van der Waals surface area contributed by atoms with E-state index in [1.54, 1.807) is 0 Å². The molecule has 0 N–H and O–H groups in total. The third-order valence-electron chi connectivity index (χ3n) is 16.0. The molecule has 0 bridgehead atoms. The van der Waals surface area contributed by atoms with E-state index in [-0.39, 0.29) is 53.0 Å². The summed E-state index contributed by atoms with van der Waals surface area (Å²) in [6.45, 7) is 17.8. The number of aryl methyl sites for hydroxylation is 4. The predicted octanol–water partition coefficient (Wildman–Crippen LogP) is 10.5. The molecule has 79 heavy (non-hydrogen) atoms. The quantitative estimate of drug-likeness (QED) is 0.0353. The van der Waals surface area contributed by atoms with Gasteiger partial charge < -0.3 is 54.9 Å². The van der Waals surface area contributed by atoms with Crippen LogP contribution in [0.15, 0.2) is 98.1 Å². The first-order valence-electron chi connectivity index (χ1n) is 31.3. The van der Waals surface area contributed by atoms with E-state index in [0.717, 1.165) is 48.4 Å². The molecule has 12 nitrogen and oxygen atoms in total. The second kappa shape index (κ2) is 37.1. The lowest BCUT2D eigenvalue weighted by Gasteiger charge is -2.43. The summed E-state index contributed by atoms with van der Waals surface area (Å²) in [5.41, 5.74) is 3.81. The van der Waals surface area contributed by atoms with Crippen molar-refractivity contribution in [3.05, 3.63) is 120 Å². The molecule has 0 aromatic carbocycles. The first kappa shape index (κ1) is 64.9. The number of hydrogen-bond donors (Lipinski definition) is 0. The van der Waals surface area contributed by atoms with E-state index >= 15 is 0 Å². The number of hydrogen-bond acceptors (Lipinski definition) is 8. The molecule has 2 spiro atoms. The maximum Gasteiger partial charge on any atom is 0.189 e. The highest BCUT2D eigenvalue weighted by Gasteiger charge is 2.45. The molecule has 0 aliphatic carbocycles. The molecule has 4 aromatic heterocycles. The predicted molar refractivity (Wildman–Crippen MR) is 303 cm³/mol. The van der Waals surface area contributed by atoms with Gasteiger partial charge in [0.15, 0.2) is 74.7 Å². The molecule has 440 valence electrons. The van der Waals surface area contributed by atoms with Gasteiger partial charge in [-0.05, 0) is 49.9 Å². The molecule has 0 saturated carbocycles. The van der Waals surface area contributed by atoms with Crippen molar-refractivity contribution in [1.82, 2.24) is 0 Å². The summed E-state index contributed by atoms with van der Waals surface area (Å²) >= 11 is 0. The maximum atomic E-state index is 6.22. The Balaban J connectivity index is 0.000000252. The SMILES string of the molecule is CCCCCCCC[n+]1cccc(C2OCC3(CO2)COC(c2ccc[n+](CCCCCCCC)c2)OC3)c1.CCCCCCCC[n+]1cccc(C2OCC3(CO2)COC(c2ccc[n+](CCCCCCCC)c2)OC3)c1.[Br-]. The fourth-order valence-electron chi connectivity index (χ4n) is 11.1. The number of rotatable bonds is 32. The summed E-state index contributed by atoms with van der Waals surface area (Å²) in [6, 6.07) is 16.8. The highest BCUT2D eigenvalue weighted by molar-refractivity contribution is 5.11. The Kier molecular flexibility index (Phi) is 30.5. The van der Waals surface area contributed by atoms with Gasteiger partial charge in [0, 0.05) is 49.9 Å². The van der Waals surface area contributed by atoms with Crippen molar-refractivity contribution in [3.8, 4) is 0 Å². The maximum absolute atomic E-state index is 6.22. The minimum atomic E-state index is -0.333. The van der Waals surface area contributed by atoms with Crippen LogP contribution in [0.2, 0.25) is 0 Å². The molecule has 4 aliphatic heterocycles. The van der Waals surface area contributed by atoms with Crippen LogP contribution in [-0.4, -0.2) is 52.9 Å². The van der Waals surface area contributed by atoms with Crippen molar-refractivity contribution >= 4 is 0 Å². The molecule has 4 aromatic rings. The standard InChI is InChI=1S/2C33H52N2O4.BrH/c2*1-3-5-7-9-11-13-19-34-21-15-17-29(23-34)31-36-25-33(26-37-31)27-38-32(39-28-33)30-18-16-22-35(24-30)20-14-12-10-8-6-4-2;/h2*15-18,21-24,31-32H,3-14,19-20,25-28H2,1-2H3;1H/q2*+2;/p-1. The second-order valence-electron chi connectivity index (χ2n) is 23.4. The zero-order valence-corrected chi connectivity index (χ0v) is 51.0. The largest absolute Gasteiger partial charge is 1.00 e. The number of pyridine rings is 4. The van der Waals surface area contributed by atoms with Crippen LogP contribution in [0.3, 0.4) is 0 Å². The van der Waals surface area contributed by atoms with Crippen molar-refractivity contribution in [3.63, 3.8) is 0 Å². The van der Waals surface area contributed by atoms with E-state index in [1.165, 1.54) is 154 Å². The molecule has 4 aliphatic rings. The van der Waals surface area contributed by atoms with Crippen LogP contribution in [-0.2, 0) is 64.1 Å². The van der Waals surface area contributed by atoms with Crippen LogP contribution in [0, 0.1) is 10.8 Å². The lowest BCUT2D eigenvalue weighted by atomic mass is 9.90. The second-order valence-corrected chi connectivity index (χ2v) is 23.4. The smallest absolute Gasteiger partial charge is 0.189 e. The average molecular weight is 1160 g/mol. The van der Waals surface area contributed by atoms with E-state index in [4.69, 9.17) is 37.9 Å². The average Bonchev–Trinajstić information content (AvgIpc) is 3.60. The number of halogens is 1. The highest BCUT2D eigenvalue weighted by Crippen LogP contribution is 2.39. The third-order valence-corrected chi connectivity index (χ3v) is 16.0. The molecule has 13 heteroatoms. The topological polar surface area (TPSA) is 89.4 Å². The van der Waals surface area contributed by atoms with Gasteiger partial charge in [-0.3, -0.25) is 0 Å². The first-order chi connectivity index (χ1) is 38.4. The van der Waals surface area contributed by atoms with Crippen molar-refractivity contribution in [1.29, 1.82) is 0 Å². The van der Waals surface area contributed by atoms with Crippen molar-refractivity contribution in [2.75, 3.05) is 52.9 Å². The Hall–Kier alpha value is -3.24. The summed E-state index contributed by atoms with van der Waals surface area (Å²) in [5.74, 6) is 0. The lowest BCUT2D eigenvalue weighted by Crippen LogP contribution is -3.00. The van der Waals surface area contributed by atoms with E-state index in [0.29, 0.717) is 52.9 Å². The van der Waals surface area contributed by atoms with Gasteiger partial charge >= 0.3 is 0 Å². The van der Waals surface area contributed by atoms with E-state index < -0.39 is 0 Å². The Morgan fingerprint density at radius 3 is 0.696 bits per heavy atom. The minimum Gasteiger partial charge on any atom is -1.00 e. The monoisotopic (exact) mass is 1160 g/mol. The van der Waals surface area contributed by atoms with Crippen LogP contribution >= 0.6 is 0 Å². The Morgan fingerprint density at radius 1 is 0.304 bits per heavy atom. The summed E-state index contributed by atoms with van der Waals surface area (Å²) in [5, 5.41) is 0. The van der Waals surface area contributed by atoms with Crippen molar-refractivity contribution in [2.45, 2.75) is 233 Å². The molecule has 8 rings (SSSR count). The molecular formula is C66H104BrN4O8+3. The molecule has 4 saturated heterocycles.